The van der Waals surface area contributed by atoms with Gasteiger partial charge in [0.15, 0.2) is 11.5 Å². The molecule has 2 rings (SSSR count). The number of nitrogens with one attached hydrogen (secondary N) is 2. The number of hydrogen-bond donors (Lipinski definition) is 2. The number of benzene rings is 1. The molecule has 2 N–H and O–H groups in total. The van der Waals surface area contributed by atoms with Crippen LogP contribution in [0.3, 0.4) is 0 Å². The first-order valence-corrected chi connectivity index (χ1v) is 7.85. The summed E-state index contributed by atoms with van der Waals surface area (Å²) in [4.78, 5) is 12.2. The third-order valence-electron chi connectivity index (χ3n) is 3.45. The number of rotatable bonds is 6. The highest BCUT2D eigenvalue weighted by molar-refractivity contribution is 5.97. The summed E-state index contributed by atoms with van der Waals surface area (Å²) in [5.41, 5.74) is 0.864. The first kappa shape index (κ1) is 16.6. The minimum atomic E-state index is -0.125. The zero-order valence-electron chi connectivity index (χ0n) is 13.7. The summed E-state index contributed by atoms with van der Waals surface area (Å²) in [6, 6.07) is 5.39. The fraction of sp³-hybridized carbons (Fsp3) is 0.588. The molecule has 0 saturated heterocycles. The first-order valence-electron chi connectivity index (χ1n) is 7.85. The summed E-state index contributed by atoms with van der Waals surface area (Å²) in [6.45, 7) is 9.96. The van der Waals surface area contributed by atoms with Crippen molar-refractivity contribution in [1.82, 2.24) is 10.6 Å². The van der Waals surface area contributed by atoms with E-state index in [9.17, 15) is 4.79 Å². The van der Waals surface area contributed by atoms with Gasteiger partial charge in [-0.2, -0.15) is 0 Å². The molecule has 0 radical (unpaired) electrons. The van der Waals surface area contributed by atoms with Crippen molar-refractivity contribution in [2.45, 2.75) is 27.2 Å². The minimum absolute atomic E-state index is 0.125. The van der Waals surface area contributed by atoms with Crippen LogP contribution in [-0.4, -0.2) is 38.8 Å². The Bertz CT molecular complexity index is 509. The molecule has 1 amide bonds. The first-order chi connectivity index (χ1) is 10.5. The van der Waals surface area contributed by atoms with Crippen LogP contribution >= 0.6 is 0 Å². The normalized spacial score (nSPS) is 13.8. The van der Waals surface area contributed by atoms with Crippen molar-refractivity contribution in [2.24, 2.45) is 5.41 Å². The Balaban J connectivity index is 1.76. The molecule has 1 aliphatic rings. The Labute approximate surface area is 132 Å². The van der Waals surface area contributed by atoms with Crippen LogP contribution < -0.4 is 20.1 Å². The van der Waals surface area contributed by atoms with Crippen LogP contribution in [0, 0.1) is 5.41 Å². The van der Waals surface area contributed by atoms with E-state index in [0.29, 0.717) is 42.2 Å². The van der Waals surface area contributed by atoms with Gasteiger partial charge in [-0.15, -0.1) is 0 Å². The number of para-hydroxylation sites is 1. The lowest BCUT2D eigenvalue weighted by Crippen LogP contribution is -2.33. The van der Waals surface area contributed by atoms with Gasteiger partial charge in [0.1, 0.15) is 13.2 Å². The van der Waals surface area contributed by atoms with Crippen LogP contribution in [0.5, 0.6) is 11.5 Å². The predicted molar refractivity (Wildman–Crippen MR) is 86.7 cm³/mol. The van der Waals surface area contributed by atoms with E-state index in [1.165, 1.54) is 0 Å². The molecule has 22 heavy (non-hydrogen) atoms. The van der Waals surface area contributed by atoms with Gasteiger partial charge in [0.2, 0.25) is 0 Å². The molecular formula is C17H26N2O3. The lowest BCUT2D eigenvalue weighted by Gasteiger charge is -2.20. The Hall–Kier alpha value is -1.75. The zero-order chi connectivity index (χ0) is 16.0. The maximum atomic E-state index is 12.2. The maximum Gasteiger partial charge on any atom is 0.255 e. The molecule has 0 unspecified atom stereocenters. The molecule has 0 bridgehead atoms. The lowest BCUT2D eigenvalue weighted by molar-refractivity contribution is 0.0942. The maximum absolute atomic E-state index is 12.2. The molecule has 5 heteroatoms. The molecule has 0 spiro atoms. The molecule has 1 aromatic carbocycles. The summed E-state index contributed by atoms with van der Waals surface area (Å²) in [6.07, 6.45) is 1.11. The van der Waals surface area contributed by atoms with Gasteiger partial charge in [-0.25, -0.2) is 0 Å². The quantitative estimate of drug-likeness (QED) is 0.791. The van der Waals surface area contributed by atoms with Gasteiger partial charge < -0.3 is 20.1 Å². The van der Waals surface area contributed by atoms with E-state index in [1.54, 1.807) is 6.07 Å². The highest BCUT2D eigenvalue weighted by Crippen LogP contribution is 2.33. The van der Waals surface area contributed by atoms with Crippen LogP contribution in [0.15, 0.2) is 18.2 Å². The summed E-state index contributed by atoms with van der Waals surface area (Å²) in [7, 11) is 0. The van der Waals surface area contributed by atoms with E-state index in [-0.39, 0.29) is 5.91 Å². The molecule has 0 fully saturated rings. The number of amides is 1. The summed E-state index contributed by atoms with van der Waals surface area (Å²) >= 11 is 0. The van der Waals surface area contributed by atoms with Crippen LogP contribution in [0.4, 0.5) is 0 Å². The van der Waals surface area contributed by atoms with Crippen molar-refractivity contribution in [3.63, 3.8) is 0 Å². The van der Waals surface area contributed by atoms with Gasteiger partial charge in [0, 0.05) is 13.1 Å². The van der Waals surface area contributed by atoms with Crippen molar-refractivity contribution in [1.29, 1.82) is 0 Å². The van der Waals surface area contributed by atoms with Gasteiger partial charge in [-0.3, -0.25) is 4.79 Å². The van der Waals surface area contributed by atoms with Gasteiger partial charge in [0.25, 0.3) is 5.91 Å². The van der Waals surface area contributed by atoms with Crippen LogP contribution in [-0.2, 0) is 0 Å². The second kappa shape index (κ2) is 7.49. The van der Waals surface area contributed by atoms with Gasteiger partial charge in [-0.1, -0.05) is 26.8 Å². The van der Waals surface area contributed by atoms with Crippen LogP contribution in [0.2, 0.25) is 0 Å². The minimum Gasteiger partial charge on any atom is -0.486 e. The second-order valence-corrected chi connectivity index (χ2v) is 6.65. The van der Waals surface area contributed by atoms with E-state index < -0.39 is 0 Å². The third-order valence-corrected chi connectivity index (χ3v) is 3.45. The van der Waals surface area contributed by atoms with Crippen molar-refractivity contribution < 1.29 is 14.3 Å². The smallest absolute Gasteiger partial charge is 0.255 e. The number of carbonyl (C=O) groups excluding carboxylic acids is 1. The molecule has 0 saturated carbocycles. The average molecular weight is 306 g/mol. The highest BCUT2D eigenvalue weighted by atomic mass is 16.6. The summed E-state index contributed by atoms with van der Waals surface area (Å²) in [5, 5.41) is 6.25. The number of hydrogen-bond acceptors (Lipinski definition) is 4. The Kier molecular flexibility index (Phi) is 5.66. The lowest BCUT2D eigenvalue weighted by atomic mass is 9.92. The van der Waals surface area contributed by atoms with Crippen molar-refractivity contribution in [3.8, 4) is 11.5 Å². The molecule has 1 heterocycles. The SMILES string of the molecule is CC(C)(C)CCNCCNC(=O)c1cccc2c1OCCO2. The molecule has 0 atom stereocenters. The van der Waals surface area contributed by atoms with Gasteiger partial charge in [0.05, 0.1) is 5.56 Å². The molecule has 0 aliphatic carbocycles. The van der Waals surface area contributed by atoms with Crippen LogP contribution in [0.1, 0.15) is 37.6 Å². The largest absolute Gasteiger partial charge is 0.486 e. The van der Waals surface area contributed by atoms with E-state index in [0.717, 1.165) is 19.5 Å². The monoisotopic (exact) mass is 306 g/mol. The van der Waals surface area contributed by atoms with Crippen molar-refractivity contribution in [2.75, 3.05) is 32.8 Å². The molecule has 1 aliphatic heterocycles. The van der Waals surface area contributed by atoms with E-state index in [4.69, 9.17) is 9.47 Å². The Morgan fingerprint density at radius 2 is 1.91 bits per heavy atom. The number of ether oxygens (including phenoxy) is 2. The van der Waals surface area contributed by atoms with Crippen molar-refractivity contribution in [3.05, 3.63) is 23.8 Å². The Morgan fingerprint density at radius 1 is 1.14 bits per heavy atom. The van der Waals surface area contributed by atoms with E-state index in [1.807, 2.05) is 12.1 Å². The third kappa shape index (κ3) is 4.91. The van der Waals surface area contributed by atoms with Gasteiger partial charge >= 0.3 is 0 Å². The fourth-order valence-electron chi connectivity index (χ4n) is 2.20. The van der Waals surface area contributed by atoms with E-state index in [2.05, 4.69) is 31.4 Å². The second-order valence-electron chi connectivity index (χ2n) is 6.65. The number of carbonyl (C=O) groups is 1. The molecule has 5 nitrogen and oxygen atoms in total. The topological polar surface area (TPSA) is 59.6 Å². The highest BCUT2D eigenvalue weighted by Gasteiger charge is 2.19. The molecule has 1 aromatic rings. The molecular weight excluding hydrogens is 280 g/mol. The van der Waals surface area contributed by atoms with Crippen LogP contribution in [0.25, 0.3) is 0 Å². The van der Waals surface area contributed by atoms with Gasteiger partial charge in [-0.05, 0) is 30.5 Å². The zero-order valence-corrected chi connectivity index (χ0v) is 13.7. The fourth-order valence-corrected chi connectivity index (χ4v) is 2.20. The molecule has 0 aromatic heterocycles. The predicted octanol–water partition coefficient (Wildman–Crippen LogP) is 2.21. The molecule has 122 valence electrons. The van der Waals surface area contributed by atoms with Crippen molar-refractivity contribution >= 4 is 5.91 Å². The standard InChI is InChI=1S/C17H26N2O3/c1-17(2,3)7-8-18-9-10-19-16(20)13-5-4-6-14-15(13)22-12-11-21-14/h4-6,18H,7-12H2,1-3H3,(H,19,20). The Morgan fingerprint density at radius 3 is 2.68 bits per heavy atom. The summed E-state index contributed by atoms with van der Waals surface area (Å²) in [5.74, 6) is 1.06. The average Bonchev–Trinajstić information content (AvgIpc) is 2.49. The summed E-state index contributed by atoms with van der Waals surface area (Å²) < 4.78 is 11.0. The number of fused-ring (bicyclic) bond motifs is 1. The van der Waals surface area contributed by atoms with E-state index >= 15 is 0 Å².